The van der Waals surface area contributed by atoms with Crippen molar-refractivity contribution < 1.29 is 13.2 Å². The van der Waals surface area contributed by atoms with Crippen LogP contribution in [-0.2, 0) is 19.3 Å². The molecule has 0 amide bonds. The van der Waals surface area contributed by atoms with E-state index in [4.69, 9.17) is 0 Å². The lowest BCUT2D eigenvalue weighted by atomic mass is 9.79. The van der Waals surface area contributed by atoms with Gasteiger partial charge in [0.25, 0.3) is 0 Å². The monoisotopic (exact) mass is 394 g/mol. The Hall–Kier alpha value is -2.55. The fraction of sp³-hybridized carbons (Fsp3) is 0.308. The minimum atomic E-state index is -1.42. The first kappa shape index (κ1) is 19.8. The van der Waals surface area contributed by atoms with Gasteiger partial charge < -0.3 is 0 Å². The van der Waals surface area contributed by atoms with Gasteiger partial charge in [-0.3, -0.25) is 0 Å². The molecule has 150 valence electrons. The zero-order chi connectivity index (χ0) is 20.4. The van der Waals surface area contributed by atoms with Crippen molar-refractivity contribution in [3.05, 3.63) is 94.3 Å². The summed E-state index contributed by atoms with van der Waals surface area (Å²) in [4.78, 5) is 0. The summed E-state index contributed by atoms with van der Waals surface area (Å²) in [5.74, 6) is -3.23. The molecule has 1 atom stereocenters. The van der Waals surface area contributed by atoms with E-state index in [1.165, 1.54) is 35.1 Å². The molecule has 0 fully saturated rings. The molecule has 0 saturated carbocycles. The molecule has 3 aromatic rings. The first-order chi connectivity index (χ1) is 14.0. The molecule has 4 rings (SSSR count). The van der Waals surface area contributed by atoms with E-state index in [0.29, 0.717) is 11.5 Å². The summed E-state index contributed by atoms with van der Waals surface area (Å²) >= 11 is 0. The van der Waals surface area contributed by atoms with Gasteiger partial charge in [0, 0.05) is 0 Å². The smallest absolute Gasteiger partial charge is 0.194 e. The molecule has 0 aliphatic heterocycles. The van der Waals surface area contributed by atoms with E-state index in [-0.39, 0.29) is 0 Å². The van der Waals surface area contributed by atoms with Crippen LogP contribution in [0.1, 0.15) is 54.4 Å². The zero-order valence-corrected chi connectivity index (χ0v) is 16.7. The maximum atomic E-state index is 13.6. The SMILES string of the molecule is CCCCc1ccc(C2CCc3cc(-c4cc(F)c(F)c(F)c4)ccc3C2)cc1. The van der Waals surface area contributed by atoms with Gasteiger partial charge in [-0.15, -0.1) is 0 Å². The number of hydrogen-bond acceptors (Lipinski definition) is 0. The van der Waals surface area contributed by atoms with E-state index < -0.39 is 17.5 Å². The van der Waals surface area contributed by atoms with Crippen LogP contribution in [0, 0.1) is 17.5 Å². The van der Waals surface area contributed by atoms with Crippen LogP contribution in [-0.4, -0.2) is 0 Å². The highest BCUT2D eigenvalue weighted by Crippen LogP contribution is 2.35. The molecular formula is C26H25F3. The summed E-state index contributed by atoms with van der Waals surface area (Å²) in [5, 5.41) is 0. The standard InChI is InChI=1S/C26H25F3/c1-2-3-4-17-5-7-18(8-6-17)19-9-10-21-14-22(12-11-20(21)13-19)23-15-24(27)26(29)25(28)16-23/h5-8,11-12,14-16,19H,2-4,9-10,13H2,1H3. The highest BCUT2D eigenvalue weighted by molar-refractivity contribution is 5.65. The fourth-order valence-corrected chi connectivity index (χ4v) is 4.28. The third kappa shape index (κ3) is 4.24. The van der Waals surface area contributed by atoms with Crippen LogP contribution in [0.4, 0.5) is 13.2 Å². The minimum Gasteiger partial charge on any atom is -0.204 e. The Kier molecular flexibility index (Phi) is 5.75. The van der Waals surface area contributed by atoms with Crippen molar-refractivity contribution in [2.75, 3.05) is 0 Å². The molecule has 3 aromatic carbocycles. The van der Waals surface area contributed by atoms with Gasteiger partial charge in [0.2, 0.25) is 0 Å². The number of rotatable bonds is 5. The Morgan fingerprint density at radius 1 is 0.828 bits per heavy atom. The minimum absolute atomic E-state index is 0.369. The van der Waals surface area contributed by atoms with Crippen LogP contribution < -0.4 is 0 Å². The average Bonchev–Trinajstić information content (AvgIpc) is 2.75. The molecule has 0 nitrogen and oxygen atoms in total. The molecule has 0 radical (unpaired) electrons. The molecule has 29 heavy (non-hydrogen) atoms. The molecule has 1 unspecified atom stereocenters. The number of unbranched alkanes of at least 4 members (excludes halogenated alkanes) is 1. The number of fused-ring (bicyclic) bond motifs is 1. The summed E-state index contributed by atoms with van der Waals surface area (Å²) in [6, 6.07) is 17.1. The van der Waals surface area contributed by atoms with Crippen LogP contribution in [0.15, 0.2) is 54.6 Å². The summed E-state index contributed by atoms with van der Waals surface area (Å²) in [7, 11) is 0. The Balaban J connectivity index is 1.52. The lowest BCUT2D eigenvalue weighted by Gasteiger charge is -2.26. The second-order valence-electron chi connectivity index (χ2n) is 8.02. The fourth-order valence-electron chi connectivity index (χ4n) is 4.28. The number of hydrogen-bond donors (Lipinski definition) is 0. The predicted octanol–water partition coefficient (Wildman–Crippen LogP) is 7.39. The van der Waals surface area contributed by atoms with Crippen molar-refractivity contribution in [3.63, 3.8) is 0 Å². The second-order valence-corrected chi connectivity index (χ2v) is 8.02. The largest absolute Gasteiger partial charge is 0.204 e. The van der Waals surface area contributed by atoms with E-state index >= 15 is 0 Å². The molecule has 1 aliphatic rings. The first-order valence-corrected chi connectivity index (χ1v) is 10.4. The Bertz CT molecular complexity index is 982. The van der Waals surface area contributed by atoms with Gasteiger partial charge in [-0.1, -0.05) is 55.8 Å². The van der Waals surface area contributed by atoms with Gasteiger partial charge in [0.15, 0.2) is 17.5 Å². The zero-order valence-electron chi connectivity index (χ0n) is 16.7. The van der Waals surface area contributed by atoms with Crippen LogP contribution in [0.3, 0.4) is 0 Å². The van der Waals surface area contributed by atoms with E-state index in [0.717, 1.165) is 43.4 Å². The molecule has 0 saturated heterocycles. The summed E-state index contributed by atoms with van der Waals surface area (Å²) < 4.78 is 40.4. The molecule has 0 heterocycles. The Morgan fingerprint density at radius 3 is 2.24 bits per heavy atom. The van der Waals surface area contributed by atoms with Crippen molar-refractivity contribution >= 4 is 0 Å². The van der Waals surface area contributed by atoms with E-state index in [1.807, 2.05) is 18.2 Å². The third-order valence-electron chi connectivity index (χ3n) is 6.02. The van der Waals surface area contributed by atoms with E-state index in [2.05, 4.69) is 31.2 Å². The van der Waals surface area contributed by atoms with Gasteiger partial charge in [0.05, 0.1) is 0 Å². The summed E-state index contributed by atoms with van der Waals surface area (Å²) in [6.07, 6.45) is 6.52. The average molecular weight is 394 g/mol. The quantitative estimate of drug-likeness (QED) is 0.396. The van der Waals surface area contributed by atoms with Crippen molar-refractivity contribution in [1.82, 2.24) is 0 Å². The van der Waals surface area contributed by atoms with Crippen molar-refractivity contribution in [2.24, 2.45) is 0 Å². The summed E-state index contributed by atoms with van der Waals surface area (Å²) in [6.45, 7) is 2.21. The highest BCUT2D eigenvalue weighted by atomic mass is 19.2. The normalized spacial score (nSPS) is 15.9. The number of benzene rings is 3. The molecule has 0 bridgehead atoms. The second kappa shape index (κ2) is 8.44. The van der Waals surface area contributed by atoms with Gasteiger partial charge in [-0.05, 0) is 83.5 Å². The van der Waals surface area contributed by atoms with Crippen LogP contribution in [0.5, 0.6) is 0 Å². The van der Waals surface area contributed by atoms with Crippen molar-refractivity contribution in [1.29, 1.82) is 0 Å². The van der Waals surface area contributed by atoms with Gasteiger partial charge in [-0.2, -0.15) is 0 Å². The van der Waals surface area contributed by atoms with Crippen LogP contribution >= 0.6 is 0 Å². The molecule has 3 heteroatoms. The van der Waals surface area contributed by atoms with Crippen molar-refractivity contribution in [2.45, 2.75) is 51.4 Å². The third-order valence-corrected chi connectivity index (χ3v) is 6.02. The maximum Gasteiger partial charge on any atom is 0.194 e. The van der Waals surface area contributed by atoms with Gasteiger partial charge >= 0.3 is 0 Å². The molecular weight excluding hydrogens is 369 g/mol. The van der Waals surface area contributed by atoms with E-state index in [9.17, 15) is 13.2 Å². The lowest BCUT2D eigenvalue weighted by molar-refractivity contribution is 0.447. The topological polar surface area (TPSA) is 0 Å². The maximum absolute atomic E-state index is 13.6. The number of aryl methyl sites for hydroxylation is 2. The molecule has 0 spiro atoms. The lowest BCUT2D eigenvalue weighted by Crippen LogP contribution is -2.13. The molecule has 0 N–H and O–H groups in total. The Morgan fingerprint density at radius 2 is 1.55 bits per heavy atom. The van der Waals surface area contributed by atoms with Crippen LogP contribution in [0.2, 0.25) is 0 Å². The highest BCUT2D eigenvalue weighted by Gasteiger charge is 2.21. The van der Waals surface area contributed by atoms with Gasteiger partial charge in [-0.25, -0.2) is 13.2 Å². The van der Waals surface area contributed by atoms with Crippen LogP contribution in [0.25, 0.3) is 11.1 Å². The predicted molar refractivity (Wildman–Crippen MR) is 112 cm³/mol. The molecule has 1 aliphatic carbocycles. The summed E-state index contributed by atoms with van der Waals surface area (Å²) in [5.41, 5.74) is 6.36. The Labute approximate surface area is 170 Å². The molecule has 0 aromatic heterocycles. The van der Waals surface area contributed by atoms with Gasteiger partial charge in [0.1, 0.15) is 0 Å². The number of halogens is 3. The van der Waals surface area contributed by atoms with E-state index in [1.54, 1.807) is 0 Å². The van der Waals surface area contributed by atoms with Crippen molar-refractivity contribution in [3.8, 4) is 11.1 Å². The first-order valence-electron chi connectivity index (χ1n) is 10.4.